The molecule has 0 atom stereocenters. The van der Waals surface area contributed by atoms with Crippen molar-refractivity contribution in [2.75, 3.05) is 0 Å². The largest absolute Gasteiger partial charge is 0.508 e. The van der Waals surface area contributed by atoms with E-state index in [9.17, 15) is 15.3 Å². The van der Waals surface area contributed by atoms with Crippen LogP contribution in [0.1, 0.15) is 16.7 Å². The van der Waals surface area contributed by atoms with Gasteiger partial charge in [-0.1, -0.05) is 42.5 Å². The van der Waals surface area contributed by atoms with E-state index in [0.29, 0.717) is 27.6 Å². The number of hydrogen-bond acceptors (Lipinski definition) is 6. The lowest BCUT2D eigenvalue weighted by atomic mass is 10.0. The summed E-state index contributed by atoms with van der Waals surface area (Å²) in [5.74, 6) is 1.42. The lowest BCUT2D eigenvalue weighted by Crippen LogP contribution is -1.80. The van der Waals surface area contributed by atoms with E-state index in [4.69, 9.17) is 15.3 Å². The number of phenolic OH excluding ortho intramolecular Hbond substituents is 6. The maximum absolute atomic E-state index is 9.67. The summed E-state index contributed by atoms with van der Waals surface area (Å²) in [5, 5.41) is 56.9. The van der Waals surface area contributed by atoms with Crippen LogP contribution in [-0.4, -0.2) is 30.6 Å². The second kappa shape index (κ2) is 11.7. The molecular weight excluding hydrogens is 468 g/mol. The van der Waals surface area contributed by atoms with Gasteiger partial charge in [-0.2, -0.15) is 0 Å². The van der Waals surface area contributed by atoms with Crippen molar-refractivity contribution in [3.63, 3.8) is 0 Å². The number of phenols is 6. The highest BCUT2D eigenvalue weighted by molar-refractivity contribution is 5.93. The molecule has 6 nitrogen and oxygen atoms in total. The third-order valence-corrected chi connectivity index (χ3v) is 5.76. The van der Waals surface area contributed by atoms with Gasteiger partial charge in [-0.15, -0.1) is 0 Å². The van der Waals surface area contributed by atoms with Crippen LogP contribution in [0.25, 0.3) is 21.9 Å². The minimum Gasteiger partial charge on any atom is -0.508 e. The predicted octanol–water partition coefficient (Wildman–Crippen LogP) is 7.04. The first kappa shape index (κ1) is 26.8. The summed E-state index contributed by atoms with van der Waals surface area (Å²) >= 11 is 0. The number of hydrogen-bond donors (Lipinski definition) is 6. The van der Waals surface area contributed by atoms with Crippen molar-refractivity contribution in [3.05, 3.63) is 108 Å². The summed E-state index contributed by atoms with van der Waals surface area (Å²) in [5.41, 5.74) is 4.29. The molecule has 37 heavy (non-hydrogen) atoms. The SMILES string of the molecule is Cc1cc(-c2ccc(O)cc2)ccc1O.Cc1cc(O)c2ccccc2c1O.Cc1cc(O)ccc1O. The van der Waals surface area contributed by atoms with E-state index < -0.39 is 0 Å². The van der Waals surface area contributed by atoms with Gasteiger partial charge in [0.2, 0.25) is 0 Å². The van der Waals surface area contributed by atoms with Crippen molar-refractivity contribution >= 4 is 10.8 Å². The third-order valence-electron chi connectivity index (χ3n) is 5.76. The summed E-state index contributed by atoms with van der Waals surface area (Å²) in [6.45, 7) is 5.36. The number of rotatable bonds is 1. The molecule has 0 heterocycles. The molecule has 190 valence electrons. The number of benzene rings is 5. The van der Waals surface area contributed by atoms with Crippen molar-refractivity contribution in [3.8, 4) is 45.6 Å². The van der Waals surface area contributed by atoms with Gasteiger partial charge < -0.3 is 30.6 Å². The number of aryl methyl sites for hydroxylation is 3. The molecule has 0 amide bonds. The van der Waals surface area contributed by atoms with E-state index in [1.807, 2.05) is 43.3 Å². The molecular formula is C31H30O6. The van der Waals surface area contributed by atoms with E-state index in [-0.39, 0.29) is 28.7 Å². The Hall–Kier alpha value is -4.84. The van der Waals surface area contributed by atoms with Crippen molar-refractivity contribution in [2.24, 2.45) is 0 Å². The summed E-state index contributed by atoms with van der Waals surface area (Å²) in [7, 11) is 0. The summed E-state index contributed by atoms with van der Waals surface area (Å²) in [6, 6.07) is 25.7. The van der Waals surface area contributed by atoms with Crippen LogP contribution in [0.2, 0.25) is 0 Å². The van der Waals surface area contributed by atoms with Gasteiger partial charge in [0.15, 0.2) is 0 Å². The molecule has 0 unspecified atom stereocenters. The Kier molecular flexibility index (Phi) is 8.48. The second-order valence-electron chi connectivity index (χ2n) is 8.63. The fraction of sp³-hybridized carbons (Fsp3) is 0.0968. The van der Waals surface area contributed by atoms with Gasteiger partial charge in [-0.25, -0.2) is 0 Å². The Bertz CT molecular complexity index is 1510. The maximum atomic E-state index is 9.67. The van der Waals surface area contributed by atoms with Crippen LogP contribution in [0.15, 0.2) is 91.0 Å². The molecule has 0 bridgehead atoms. The highest BCUT2D eigenvalue weighted by Crippen LogP contribution is 2.34. The molecule has 5 aromatic rings. The average molecular weight is 499 g/mol. The van der Waals surface area contributed by atoms with E-state index in [2.05, 4.69) is 0 Å². The Morgan fingerprint density at radius 3 is 1.49 bits per heavy atom. The predicted molar refractivity (Wildman–Crippen MR) is 146 cm³/mol. The number of aromatic hydroxyl groups is 6. The molecule has 6 heteroatoms. The summed E-state index contributed by atoms with van der Waals surface area (Å²) in [4.78, 5) is 0. The molecule has 0 aliphatic carbocycles. The van der Waals surface area contributed by atoms with E-state index >= 15 is 0 Å². The lowest BCUT2D eigenvalue weighted by molar-refractivity contribution is 0.456. The third kappa shape index (κ3) is 6.86. The van der Waals surface area contributed by atoms with Crippen molar-refractivity contribution in [1.29, 1.82) is 0 Å². The van der Waals surface area contributed by atoms with Gasteiger partial charge in [0, 0.05) is 10.8 Å². The van der Waals surface area contributed by atoms with Gasteiger partial charge in [0.05, 0.1) is 0 Å². The summed E-state index contributed by atoms with van der Waals surface area (Å²) in [6.07, 6.45) is 0. The molecule has 0 radical (unpaired) electrons. The van der Waals surface area contributed by atoms with Gasteiger partial charge in [0.1, 0.15) is 34.5 Å². The van der Waals surface area contributed by atoms with Gasteiger partial charge in [-0.05, 0) is 97.1 Å². The highest BCUT2D eigenvalue weighted by Gasteiger charge is 2.06. The minimum absolute atomic E-state index is 0.185. The van der Waals surface area contributed by atoms with E-state index in [1.54, 1.807) is 50.2 Å². The molecule has 5 aromatic carbocycles. The normalized spacial score (nSPS) is 10.1. The molecule has 0 aliphatic rings. The quantitative estimate of drug-likeness (QED) is 0.138. The molecule has 0 saturated carbocycles. The zero-order chi connectivity index (χ0) is 27.1. The molecule has 0 fully saturated rings. The van der Waals surface area contributed by atoms with Crippen LogP contribution in [-0.2, 0) is 0 Å². The Labute approximate surface area is 215 Å². The molecule has 5 rings (SSSR count). The molecule has 0 saturated heterocycles. The van der Waals surface area contributed by atoms with Gasteiger partial charge in [0.25, 0.3) is 0 Å². The molecule has 0 aromatic heterocycles. The summed E-state index contributed by atoms with van der Waals surface area (Å²) < 4.78 is 0. The topological polar surface area (TPSA) is 121 Å². The molecule has 6 N–H and O–H groups in total. The Balaban J connectivity index is 0.000000159. The fourth-order valence-electron chi connectivity index (χ4n) is 3.61. The van der Waals surface area contributed by atoms with E-state index in [0.717, 1.165) is 16.7 Å². The zero-order valence-corrected chi connectivity index (χ0v) is 20.8. The average Bonchev–Trinajstić information content (AvgIpc) is 2.88. The maximum Gasteiger partial charge on any atom is 0.126 e. The van der Waals surface area contributed by atoms with Crippen molar-refractivity contribution in [2.45, 2.75) is 20.8 Å². The minimum atomic E-state index is 0.185. The highest BCUT2D eigenvalue weighted by atomic mass is 16.3. The van der Waals surface area contributed by atoms with Crippen LogP contribution in [0.4, 0.5) is 0 Å². The van der Waals surface area contributed by atoms with Gasteiger partial charge in [-0.3, -0.25) is 0 Å². The molecule has 0 spiro atoms. The van der Waals surface area contributed by atoms with E-state index in [1.165, 1.54) is 18.2 Å². The first-order chi connectivity index (χ1) is 17.6. The monoisotopic (exact) mass is 498 g/mol. The second-order valence-corrected chi connectivity index (χ2v) is 8.63. The first-order valence-electron chi connectivity index (χ1n) is 11.5. The smallest absolute Gasteiger partial charge is 0.126 e. The lowest BCUT2D eigenvalue weighted by Gasteiger charge is -2.05. The zero-order valence-electron chi connectivity index (χ0n) is 20.8. The van der Waals surface area contributed by atoms with Crippen molar-refractivity contribution in [1.82, 2.24) is 0 Å². The molecule has 0 aliphatic heterocycles. The van der Waals surface area contributed by atoms with Gasteiger partial charge >= 0.3 is 0 Å². The van der Waals surface area contributed by atoms with Crippen LogP contribution < -0.4 is 0 Å². The first-order valence-corrected chi connectivity index (χ1v) is 11.5. The standard InChI is InChI=1S/C13H12O2.C11H10O2.C7H8O2/c1-9-8-11(4-7-13(9)15)10-2-5-12(14)6-3-10;1-7-6-10(12)8-4-2-3-5-9(8)11(7)13;1-5-4-6(8)2-3-7(5)9/h2-8,14-15H,1H3;2-6,12-13H,1H3;2-4,8-9H,1H3. The van der Waals surface area contributed by atoms with Crippen LogP contribution in [0.3, 0.4) is 0 Å². The van der Waals surface area contributed by atoms with Crippen molar-refractivity contribution < 1.29 is 30.6 Å². The van der Waals surface area contributed by atoms with Crippen LogP contribution in [0.5, 0.6) is 34.5 Å². The Morgan fingerprint density at radius 2 is 0.919 bits per heavy atom. The van der Waals surface area contributed by atoms with Crippen LogP contribution in [0, 0.1) is 20.8 Å². The van der Waals surface area contributed by atoms with Crippen LogP contribution >= 0.6 is 0 Å². The Morgan fingerprint density at radius 1 is 0.405 bits per heavy atom. The number of fused-ring (bicyclic) bond motifs is 1. The fourth-order valence-corrected chi connectivity index (χ4v) is 3.61.